The molecule has 1 rings (SSSR count). The molecule has 0 radical (unpaired) electrons. The molecule has 0 heterocycles. The van der Waals surface area contributed by atoms with Crippen molar-refractivity contribution in [1.82, 2.24) is 5.32 Å². The molecule has 0 fully saturated rings. The lowest BCUT2D eigenvalue weighted by molar-refractivity contribution is -0.148. The molecule has 1 aromatic rings. The molecule has 1 aromatic carbocycles. The summed E-state index contributed by atoms with van der Waals surface area (Å²) < 4.78 is 10.7. The van der Waals surface area contributed by atoms with Gasteiger partial charge < -0.3 is 14.8 Å². The fraction of sp³-hybridized carbons (Fsp3) is 0.611. The van der Waals surface area contributed by atoms with Crippen molar-refractivity contribution in [3.05, 3.63) is 29.8 Å². The molecule has 0 spiro atoms. The highest BCUT2D eigenvalue weighted by atomic mass is 16.5. The minimum atomic E-state index is -0.0858. The highest BCUT2D eigenvalue weighted by Crippen LogP contribution is 2.12. The fourth-order valence-corrected chi connectivity index (χ4v) is 2.16. The largest absolute Gasteiger partial charge is 0.494 e. The monoisotopic (exact) mass is 307 g/mol. The summed E-state index contributed by atoms with van der Waals surface area (Å²) in [7, 11) is 0. The van der Waals surface area contributed by atoms with Crippen molar-refractivity contribution in [2.24, 2.45) is 0 Å². The molecular formula is C18H29NO3. The van der Waals surface area contributed by atoms with Crippen LogP contribution in [0.3, 0.4) is 0 Å². The average molecular weight is 307 g/mol. The molecule has 0 aliphatic rings. The number of nitrogens with one attached hydrogen (secondary N) is 1. The molecule has 124 valence electrons. The summed E-state index contributed by atoms with van der Waals surface area (Å²) in [5.41, 5.74) is 1.24. The van der Waals surface area contributed by atoms with Gasteiger partial charge in [-0.25, -0.2) is 0 Å². The van der Waals surface area contributed by atoms with E-state index < -0.39 is 0 Å². The van der Waals surface area contributed by atoms with Crippen LogP contribution in [-0.4, -0.2) is 25.2 Å². The summed E-state index contributed by atoms with van der Waals surface area (Å²) in [6, 6.07) is 8.14. The number of rotatable bonds is 11. The molecule has 0 saturated heterocycles. The van der Waals surface area contributed by atoms with Gasteiger partial charge in [-0.2, -0.15) is 0 Å². The van der Waals surface area contributed by atoms with E-state index in [9.17, 15) is 4.79 Å². The molecule has 0 aliphatic heterocycles. The number of carbonyl (C=O) groups excluding carboxylic acids is 1. The maximum Gasteiger partial charge on any atom is 0.306 e. The Morgan fingerprint density at radius 3 is 2.59 bits per heavy atom. The molecule has 1 unspecified atom stereocenters. The zero-order valence-electron chi connectivity index (χ0n) is 14.1. The van der Waals surface area contributed by atoms with Crippen molar-refractivity contribution >= 4 is 5.97 Å². The summed E-state index contributed by atoms with van der Waals surface area (Å²) in [6.45, 7) is 8.38. The zero-order chi connectivity index (χ0) is 16.2. The summed E-state index contributed by atoms with van der Waals surface area (Å²) in [4.78, 5) is 11.4. The number of carbonyl (C=O) groups is 1. The summed E-state index contributed by atoms with van der Waals surface area (Å²) in [5, 5.41) is 3.41. The third-order valence-electron chi connectivity index (χ3n) is 3.31. The molecule has 0 saturated carbocycles. The minimum Gasteiger partial charge on any atom is -0.494 e. The van der Waals surface area contributed by atoms with Crippen LogP contribution in [0.5, 0.6) is 5.75 Å². The van der Waals surface area contributed by atoms with Gasteiger partial charge in [-0.3, -0.25) is 4.79 Å². The average Bonchev–Trinajstić information content (AvgIpc) is 2.49. The van der Waals surface area contributed by atoms with Crippen LogP contribution in [0.25, 0.3) is 0 Å². The lowest BCUT2D eigenvalue weighted by Crippen LogP contribution is -2.19. The molecule has 1 atom stereocenters. The number of ether oxygens (including phenoxy) is 2. The Morgan fingerprint density at radius 2 is 1.95 bits per heavy atom. The molecule has 4 nitrogen and oxygen atoms in total. The van der Waals surface area contributed by atoms with E-state index in [1.54, 1.807) is 0 Å². The first-order chi connectivity index (χ1) is 10.7. The maximum absolute atomic E-state index is 11.4. The van der Waals surface area contributed by atoms with E-state index in [0.29, 0.717) is 13.0 Å². The lowest BCUT2D eigenvalue weighted by atomic mass is 10.2. The first-order valence-electron chi connectivity index (χ1n) is 8.27. The number of benzene rings is 1. The van der Waals surface area contributed by atoms with E-state index in [-0.39, 0.29) is 12.1 Å². The molecule has 4 heteroatoms. The Kier molecular flexibility index (Phi) is 9.31. The first-order valence-corrected chi connectivity index (χ1v) is 8.27. The van der Waals surface area contributed by atoms with Crippen LogP contribution in [0.4, 0.5) is 0 Å². The highest BCUT2D eigenvalue weighted by molar-refractivity contribution is 5.69. The van der Waals surface area contributed by atoms with Crippen LogP contribution >= 0.6 is 0 Å². The van der Waals surface area contributed by atoms with Crippen molar-refractivity contribution in [2.45, 2.75) is 59.1 Å². The van der Waals surface area contributed by atoms with E-state index >= 15 is 0 Å². The lowest BCUT2D eigenvalue weighted by Gasteiger charge is -2.13. The number of hydrogen-bond acceptors (Lipinski definition) is 4. The van der Waals surface area contributed by atoms with Crippen molar-refractivity contribution in [2.75, 3.05) is 13.2 Å². The second-order valence-electron chi connectivity index (χ2n) is 5.45. The third kappa shape index (κ3) is 8.03. The topological polar surface area (TPSA) is 47.6 Å². The second kappa shape index (κ2) is 11.1. The predicted octanol–water partition coefficient (Wildman–Crippen LogP) is 3.69. The zero-order valence-corrected chi connectivity index (χ0v) is 14.1. The van der Waals surface area contributed by atoms with Gasteiger partial charge in [0.1, 0.15) is 5.75 Å². The predicted molar refractivity (Wildman–Crippen MR) is 89.0 cm³/mol. The summed E-state index contributed by atoms with van der Waals surface area (Å²) in [6.07, 6.45) is 3.25. The standard InChI is InChI=1S/C18H29NO3/c1-4-7-18(20)22-15(3)8-6-13-19-14-16-9-11-17(12-10-16)21-5-2/h9-12,15,19H,4-8,13-14H2,1-3H3. The van der Waals surface area contributed by atoms with E-state index in [1.807, 2.05) is 32.9 Å². The van der Waals surface area contributed by atoms with E-state index in [0.717, 1.165) is 38.1 Å². The molecule has 0 bridgehead atoms. The maximum atomic E-state index is 11.4. The van der Waals surface area contributed by atoms with Gasteiger partial charge in [0.15, 0.2) is 0 Å². The van der Waals surface area contributed by atoms with Crippen LogP contribution < -0.4 is 10.1 Å². The quantitative estimate of drug-likeness (QED) is 0.500. The Morgan fingerprint density at radius 1 is 1.23 bits per heavy atom. The third-order valence-corrected chi connectivity index (χ3v) is 3.31. The van der Waals surface area contributed by atoms with Crippen LogP contribution in [0.1, 0.15) is 52.0 Å². The minimum absolute atomic E-state index is 0.00586. The van der Waals surface area contributed by atoms with Gasteiger partial charge in [0.2, 0.25) is 0 Å². The highest BCUT2D eigenvalue weighted by Gasteiger charge is 2.07. The Bertz CT molecular complexity index is 417. The summed E-state index contributed by atoms with van der Waals surface area (Å²) in [5.74, 6) is 0.825. The van der Waals surface area contributed by atoms with Gasteiger partial charge in [-0.05, 0) is 57.4 Å². The Balaban J connectivity index is 2.10. The number of esters is 1. The van der Waals surface area contributed by atoms with Crippen molar-refractivity contribution < 1.29 is 14.3 Å². The SMILES string of the molecule is CCCC(=O)OC(C)CCCNCc1ccc(OCC)cc1. The van der Waals surface area contributed by atoms with Crippen molar-refractivity contribution in [3.8, 4) is 5.75 Å². The van der Waals surface area contributed by atoms with Gasteiger partial charge in [0.05, 0.1) is 12.7 Å². The van der Waals surface area contributed by atoms with Crippen LogP contribution in [0.15, 0.2) is 24.3 Å². The Hall–Kier alpha value is -1.55. The molecule has 22 heavy (non-hydrogen) atoms. The van der Waals surface area contributed by atoms with Crippen molar-refractivity contribution in [1.29, 1.82) is 0 Å². The second-order valence-corrected chi connectivity index (χ2v) is 5.45. The fourth-order valence-electron chi connectivity index (χ4n) is 2.16. The smallest absolute Gasteiger partial charge is 0.306 e. The van der Waals surface area contributed by atoms with Gasteiger partial charge in [-0.1, -0.05) is 19.1 Å². The van der Waals surface area contributed by atoms with Gasteiger partial charge >= 0.3 is 5.97 Å². The van der Waals surface area contributed by atoms with Crippen LogP contribution in [0.2, 0.25) is 0 Å². The van der Waals surface area contributed by atoms with E-state index in [4.69, 9.17) is 9.47 Å². The van der Waals surface area contributed by atoms with Crippen LogP contribution in [0, 0.1) is 0 Å². The Labute approximate surface area is 134 Å². The van der Waals surface area contributed by atoms with E-state index in [1.165, 1.54) is 5.56 Å². The number of hydrogen-bond donors (Lipinski definition) is 1. The normalized spacial score (nSPS) is 12.0. The molecular weight excluding hydrogens is 278 g/mol. The molecule has 0 aromatic heterocycles. The van der Waals surface area contributed by atoms with Gasteiger partial charge in [0, 0.05) is 13.0 Å². The first kappa shape index (κ1) is 18.5. The molecule has 0 amide bonds. The summed E-state index contributed by atoms with van der Waals surface area (Å²) >= 11 is 0. The van der Waals surface area contributed by atoms with Gasteiger partial charge in [0.25, 0.3) is 0 Å². The van der Waals surface area contributed by atoms with Crippen LogP contribution in [-0.2, 0) is 16.1 Å². The van der Waals surface area contributed by atoms with Gasteiger partial charge in [-0.15, -0.1) is 0 Å². The molecule has 0 aliphatic carbocycles. The molecule has 1 N–H and O–H groups in total. The van der Waals surface area contributed by atoms with E-state index in [2.05, 4.69) is 17.4 Å². The van der Waals surface area contributed by atoms with Crippen molar-refractivity contribution in [3.63, 3.8) is 0 Å².